The maximum Gasteiger partial charge on any atom is 0.166 e. The second kappa shape index (κ2) is 9.29. The van der Waals surface area contributed by atoms with Crippen LogP contribution in [0.2, 0.25) is 0 Å². The highest BCUT2D eigenvalue weighted by Gasteiger charge is 2.33. The minimum atomic E-state index is -0.711. The van der Waals surface area contributed by atoms with Crippen LogP contribution in [-0.2, 0) is 4.74 Å². The Balaban J connectivity index is 1.36. The molecule has 1 aromatic carbocycles. The summed E-state index contributed by atoms with van der Waals surface area (Å²) >= 11 is 0. The molecule has 1 aliphatic heterocycles. The van der Waals surface area contributed by atoms with E-state index in [0.717, 1.165) is 48.2 Å². The molecule has 2 aliphatic carbocycles. The highest BCUT2D eigenvalue weighted by atomic mass is 19.2. The lowest BCUT2D eigenvalue weighted by Crippen LogP contribution is -2.23. The van der Waals surface area contributed by atoms with Gasteiger partial charge >= 0.3 is 0 Å². The van der Waals surface area contributed by atoms with Crippen molar-refractivity contribution in [3.63, 3.8) is 0 Å². The van der Waals surface area contributed by atoms with E-state index in [2.05, 4.69) is 13.0 Å². The quantitative estimate of drug-likeness (QED) is 0.333. The molecule has 1 nitrogen and oxygen atoms in total. The zero-order valence-electron chi connectivity index (χ0n) is 18.1. The molecule has 3 heteroatoms. The van der Waals surface area contributed by atoms with Gasteiger partial charge in [0.15, 0.2) is 11.6 Å². The molecule has 4 rings (SSSR count). The molecule has 160 valence electrons. The van der Waals surface area contributed by atoms with E-state index in [1.165, 1.54) is 51.4 Å². The summed E-state index contributed by atoms with van der Waals surface area (Å²) in [6.45, 7) is 4.68. The average Bonchev–Trinajstić information content (AvgIpc) is 3.57. The fourth-order valence-electron chi connectivity index (χ4n) is 5.78. The number of rotatable bonds is 7. The Kier molecular flexibility index (Phi) is 6.73. The summed E-state index contributed by atoms with van der Waals surface area (Å²) in [6.07, 6.45) is 16.0. The van der Waals surface area contributed by atoms with Gasteiger partial charge in [-0.25, -0.2) is 8.78 Å². The van der Waals surface area contributed by atoms with Crippen LogP contribution in [0.4, 0.5) is 8.78 Å². The Morgan fingerprint density at radius 2 is 1.76 bits per heavy atom. The summed E-state index contributed by atoms with van der Waals surface area (Å²) in [5, 5.41) is 0. The molecule has 0 radical (unpaired) electrons. The van der Waals surface area contributed by atoms with Gasteiger partial charge in [-0.1, -0.05) is 51.5 Å². The fourth-order valence-corrected chi connectivity index (χ4v) is 5.78. The summed E-state index contributed by atoms with van der Waals surface area (Å²) in [6, 6.07) is 1.79. The number of halogens is 2. The van der Waals surface area contributed by atoms with Crippen molar-refractivity contribution in [2.45, 2.75) is 90.6 Å². The van der Waals surface area contributed by atoms with Crippen LogP contribution in [0.15, 0.2) is 12.1 Å². The molecule has 2 unspecified atom stereocenters. The molecule has 0 spiro atoms. The monoisotopic (exact) mass is 402 g/mol. The normalized spacial score (nSPS) is 29.6. The Hall–Kier alpha value is -1.22. The predicted octanol–water partition coefficient (Wildman–Crippen LogP) is 7.91. The van der Waals surface area contributed by atoms with E-state index in [9.17, 15) is 8.78 Å². The molecule has 2 fully saturated rings. The third kappa shape index (κ3) is 4.76. The molecule has 0 amide bonds. The second-order valence-corrected chi connectivity index (χ2v) is 9.65. The number of allylic oxidation sites excluding steroid dienone is 2. The van der Waals surface area contributed by atoms with Gasteiger partial charge < -0.3 is 4.74 Å². The molecular formula is C26H36F2O. The van der Waals surface area contributed by atoms with Crippen LogP contribution in [0, 0.1) is 36.3 Å². The van der Waals surface area contributed by atoms with Crippen LogP contribution in [0.5, 0.6) is 0 Å². The topological polar surface area (TPSA) is 12.5 Å². The van der Waals surface area contributed by atoms with Gasteiger partial charge in [-0.2, -0.15) is 0 Å². The Labute approximate surface area is 174 Å². The highest BCUT2D eigenvalue weighted by molar-refractivity contribution is 5.70. The molecule has 1 heterocycles. The van der Waals surface area contributed by atoms with Gasteiger partial charge in [0.25, 0.3) is 0 Å². The average molecular weight is 403 g/mol. The number of unbranched alkanes of at least 4 members (excludes halogenated alkanes) is 2. The molecule has 29 heavy (non-hydrogen) atoms. The molecule has 0 bridgehead atoms. The number of ether oxygens (including phenoxy) is 1. The van der Waals surface area contributed by atoms with Crippen LogP contribution < -0.4 is 0 Å². The summed E-state index contributed by atoms with van der Waals surface area (Å²) < 4.78 is 34.5. The first-order chi connectivity index (χ1) is 14.1. The molecule has 1 saturated heterocycles. The molecule has 0 N–H and O–H groups in total. The van der Waals surface area contributed by atoms with Gasteiger partial charge in [0.1, 0.15) is 6.10 Å². The Morgan fingerprint density at radius 1 is 1.00 bits per heavy atom. The van der Waals surface area contributed by atoms with E-state index in [1.54, 1.807) is 6.07 Å². The number of epoxide rings is 1. The lowest BCUT2D eigenvalue weighted by molar-refractivity contribution is 0.187. The predicted molar refractivity (Wildman–Crippen MR) is 115 cm³/mol. The maximum absolute atomic E-state index is 14.8. The van der Waals surface area contributed by atoms with Crippen molar-refractivity contribution < 1.29 is 13.5 Å². The minimum Gasteiger partial charge on any atom is -0.368 e. The van der Waals surface area contributed by atoms with Gasteiger partial charge in [-0.15, -0.1) is 0 Å². The van der Waals surface area contributed by atoms with Crippen LogP contribution in [0.3, 0.4) is 0 Å². The lowest BCUT2D eigenvalue weighted by Gasteiger charge is -2.35. The Morgan fingerprint density at radius 3 is 2.38 bits per heavy atom. The first kappa shape index (κ1) is 21.0. The first-order valence-corrected chi connectivity index (χ1v) is 11.9. The minimum absolute atomic E-state index is 0.251. The molecule has 3 aliphatic rings. The standard InChI is InChI=1S/C26H36F2O/c1-3-4-5-6-18-7-9-19(10-8-18)20-11-13-21(14-12-20)24-17(2)15-22(23-16-29-23)25(27)26(24)28/h13,15,18-20,23H,3-12,14,16H2,1-2H3. The second-order valence-electron chi connectivity index (χ2n) is 9.65. The van der Waals surface area contributed by atoms with Gasteiger partial charge in [0.05, 0.1) is 6.61 Å². The van der Waals surface area contributed by atoms with Gasteiger partial charge in [-0.3, -0.25) is 0 Å². The van der Waals surface area contributed by atoms with Gasteiger partial charge in [0.2, 0.25) is 0 Å². The molecule has 2 atom stereocenters. The van der Waals surface area contributed by atoms with Crippen LogP contribution >= 0.6 is 0 Å². The molecule has 1 saturated carbocycles. The Bertz CT molecular complexity index is 742. The van der Waals surface area contributed by atoms with E-state index in [0.29, 0.717) is 17.7 Å². The zero-order chi connectivity index (χ0) is 20.4. The van der Waals surface area contributed by atoms with Crippen molar-refractivity contribution in [1.82, 2.24) is 0 Å². The molecular weight excluding hydrogens is 366 g/mol. The largest absolute Gasteiger partial charge is 0.368 e. The zero-order valence-corrected chi connectivity index (χ0v) is 18.1. The number of hydrogen-bond acceptors (Lipinski definition) is 1. The summed E-state index contributed by atoms with van der Waals surface area (Å²) in [7, 11) is 0. The number of benzene rings is 1. The summed E-state index contributed by atoms with van der Waals surface area (Å²) in [5.74, 6) is 1.11. The summed E-state index contributed by atoms with van der Waals surface area (Å²) in [5.41, 5.74) is 2.73. The smallest absolute Gasteiger partial charge is 0.166 e. The lowest BCUT2D eigenvalue weighted by atomic mass is 9.70. The molecule has 1 aromatic rings. The first-order valence-electron chi connectivity index (χ1n) is 11.9. The van der Waals surface area contributed by atoms with E-state index in [1.807, 2.05) is 6.92 Å². The van der Waals surface area contributed by atoms with Crippen LogP contribution in [0.25, 0.3) is 5.57 Å². The van der Waals surface area contributed by atoms with Crippen LogP contribution in [0.1, 0.15) is 100 Å². The van der Waals surface area contributed by atoms with E-state index in [-0.39, 0.29) is 6.10 Å². The fraction of sp³-hybridized carbons (Fsp3) is 0.692. The van der Waals surface area contributed by atoms with Crippen molar-refractivity contribution in [2.24, 2.45) is 17.8 Å². The van der Waals surface area contributed by atoms with E-state index >= 15 is 0 Å². The third-order valence-electron chi connectivity index (χ3n) is 7.66. The highest BCUT2D eigenvalue weighted by Crippen LogP contribution is 2.44. The number of aryl methyl sites for hydroxylation is 1. The third-order valence-corrected chi connectivity index (χ3v) is 7.66. The van der Waals surface area contributed by atoms with Gasteiger partial charge in [-0.05, 0) is 74.0 Å². The van der Waals surface area contributed by atoms with Crippen LogP contribution in [-0.4, -0.2) is 6.61 Å². The van der Waals surface area contributed by atoms with Crippen molar-refractivity contribution >= 4 is 5.57 Å². The van der Waals surface area contributed by atoms with Gasteiger partial charge in [0, 0.05) is 11.1 Å². The number of hydrogen-bond donors (Lipinski definition) is 0. The van der Waals surface area contributed by atoms with Crippen molar-refractivity contribution in [1.29, 1.82) is 0 Å². The van der Waals surface area contributed by atoms with E-state index in [4.69, 9.17) is 4.74 Å². The van der Waals surface area contributed by atoms with Crippen molar-refractivity contribution in [2.75, 3.05) is 6.61 Å². The summed E-state index contributed by atoms with van der Waals surface area (Å²) in [4.78, 5) is 0. The van der Waals surface area contributed by atoms with E-state index < -0.39 is 11.6 Å². The molecule has 0 aromatic heterocycles. The van der Waals surface area contributed by atoms with Crippen molar-refractivity contribution in [3.8, 4) is 0 Å². The maximum atomic E-state index is 14.8. The SMILES string of the molecule is CCCCCC1CCC(C2CC=C(c3c(C)cc(C4CO4)c(F)c3F)CC2)CC1. The van der Waals surface area contributed by atoms with Crippen molar-refractivity contribution in [3.05, 3.63) is 40.5 Å².